The van der Waals surface area contributed by atoms with E-state index in [1.165, 1.54) is 55.6 Å². The Balaban J connectivity index is 1.69. The van der Waals surface area contributed by atoms with Gasteiger partial charge in [-0.2, -0.15) is 0 Å². The molecule has 184 valence electrons. The van der Waals surface area contributed by atoms with Crippen LogP contribution >= 0.6 is 0 Å². The minimum Gasteiger partial charge on any atom is -0.508 e. The second-order valence-corrected chi connectivity index (χ2v) is 8.95. The number of benzene rings is 3. The third kappa shape index (κ3) is 3.63. The summed E-state index contributed by atoms with van der Waals surface area (Å²) in [4.78, 5) is 41.7. The maximum absolute atomic E-state index is 14.7. The fourth-order valence-corrected chi connectivity index (χ4v) is 5.40. The van der Waals surface area contributed by atoms with E-state index < -0.39 is 52.8 Å². The van der Waals surface area contributed by atoms with Gasteiger partial charge >= 0.3 is 5.97 Å². The molecule has 36 heavy (non-hydrogen) atoms. The van der Waals surface area contributed by atoms with Crippen molar-refractivity contribution in [3.63, 3.8) is 0 Å². The molecular weight excluding hydrogens is 470 g/mol. The number of para-hydroxylation sites is 1. The van der Waals surface area contributed by atoms with Crippen molar-refractivity contribution in [2.75, 3.05) is 12.0 Å². The molecule has 9 heteroatoms. The van der Waals surface area contributed by atoms with Gasteiger partial charge in [0, 0.05) is 12.5 Å². The highest BCUT2D eigenvalue weighted by molar-refractivity contribution is 6.24. The molecule has 2 heterocycles. The number of fused-ring (bicyclic) bond motifs is 1. The quantitative estimate of drug-likeness (QED) is 0.419. The molecule has 0 bridgehead atoms. The van der Waals surface area contributed by atoms with E-state index in [1.807, 2.05) is 0 Å². The highest BCUT2D eigenvalue weighted by Gasteiger charge is 2.69. The third-order valence-electron chi connectivity index (χ3n) is 6.92. The van der Waals surface area contributed by atoms with Crippen LogP contribution in [0, 0.1) is 23.5 Å². The molecule has 2 aliphatic heterocycles. The number of nitrogens with zero attached hydrogens (tertiary/aromatic N) is 1. The Morgan fingerprint density at radius 2 is 1.75 bits per heavy atom. The predicted octanol–water partition coefficient (Wildman–Crippen LogP) is 3.28. The number of halogens is 2. The van der Waals surface area contributed by atoms with Crippen LogP contribution in [0.5, 0.6) is 5.75 Å². The maximum atomic E-state index is 14.7. The third-order valence-corrected chi connectivity index (χ3v) is 6.92. The topological polar surface area (TPSA) is 95.9 Å². The number of amides is 2. The Kier molecular flexibility index (Phi) is 5.80. The summed E-state index contributed by atoms with van der Waals surface area (Å²) in [6.07, 6.45) is -0.0724. The maximum Gasteiger partial charge on any atom is 0.327 e. The molecule has 7 nitrogen and oxygen atoms in total. The fraction of sp³-hybridized carbons (Fsp3) is 0.222. The summed E-state index contributed by atoms with van der Waals surface area (Å²) >= 11 is 0. The van der Waals surface area contributed by atoms with E-state index in [2.05, 4.69) is 5.32 Å². The molecule has 5 rings (SSSR count). The first-order chi connectivity index (χ1) is 17.3. The first-order valence-electron chi connectivity index (χ1n) is 11.3. The van der Waals surface area contributed by atoms with Gasteiger partial charge in [-0.3, -0.25) is 19.7 Å². The van der Waals surface area contributed by atoms with Gasteiger partial charge < -0.3 is 9.84 Å². The summed E-state index contributed by atoms with van der Waals surface area (Å²) in [5, 5.41) is 12.8. The number of phenols is 1. The van der Waals surface area contributed by atoms with Crippen molar-refractivity contribution in [1.82, 2.24) is 5.32 Å². The van der Waals surface area contributed by atoms with Gasteiger partial charge in [0.25, 0.3) is 0 Å². The van der Waals surface area contributed by atoms with E-state index in [9.17, 15) is 28.3 Å². The molecule has 0 radical (unpaired) electrons. The summed E-state index contributed by atoms with van der Waals surface area (Å²) in [6.45, 7) is 0. The summed E-state index contributed by atoms with van der Waals surface area (Å²) in [7, 11) is 1.17. The molecule has 4 atom stereocenters. The Labute approximate surface area is 205 Å². The highest BCUT2D eigenvalue weighted by Crippen LogP contribution is 2.51. The summed E-state index contributed by atoms with van der Waals surface area (Å²) < 4.78 is 34.0. The zero-order valence-corrected chi connectivity index (χ0v) is 19.2. The van der Waals surface area contributed by atoms with Crippen molar-refractivity contribution in [1.29, 1.82) is 0 Å². The summed E-state index contributed by atoms with van der Waals surface area (Å²) in [5.41, 5.74) is -1.00. The molecule has 0 spiro atoms. The predicted molar refractivity (Wildman–Crippen MR) is 125 cm³/mol. The largest absolute Gasteiger partial charge is 0.508 e. The zero-order chi connectivity index (χ0) is 25.6. The number of aromatic hydroxyl groups is 1. The van der Waals surface area contributed by atoms with Crippen LogP contribution in [0.2, 0.25) is 0 Å². The van der Waals surface area contributed by atoms with Crippen LogP contribution in [0.15, 0.2) is 72.8 Å². The second-order valence-electron chi connectivity index (χ2n) is 8.95. The van der Waals surface area contributed by atoms with E-state index in [0.717, 1.165) is 11.0 Å². The highest BCUT2D eigenvalue weighted by atomic mass is 19.1. The lowest BCUT2D eigenvalue weighted by Crippen LogP contribution is -2.58. The number of rotatable bonds is 5. The fourth-order valence-electron chi connectivity index (χ4n) is 5.40. The lowest BCUT2D eigenvalue weighted by molar-refractivity contribution is -0.152. The number of esters is 1. The Morgan fingerprint density at radius 1 is 1.03 bits per heavy atom. The molecule has 2 aliphatic rings. The minimum absolute atomic E-state index is 0.0126. The van der Waals surface area contributed by atoms with Crippen molar-refractivity contribution in [2.24, 2.45) is 11.8 Å². The van der Waals surface area contributed by atoms with Crippen molar-refractivity contribution < 1.29 is 33.0 Å². The van der Waals surface area contributed by atoms with E-state index in [0.29, 0.717) is 11.1 Å². The number of anilines is 1. The van der Waals surface area contributed by atoms with Crippen molar-refractivity contribution in [3.8, 4) is 5.75 Å². The number of phenolic OH excluding ortho intramolecular Hbond substituents is 1. The van der Waals surface area contributed by atoms with E-state index in [-0.39, 0.29) is 17.9 Å². The first-order valence-corrected chi connectivity index (χ1v) is 11.3. The summed E-state index contributed by atoms with van der Waals surface area (Å²) in [6, 6.07) is 16.0. The van der Waals surface area contributed by atoms with E-state index in [4.69, 9.17) is 4.74 Å². The summed E-state index contributed by atoms with van der Waals surface area (Å²) in [5.74, 6) is -5.95. The van der Waals surface area contributed by atoms with E-state index >= 15 is 0 Å². The molecule has 2 saturated heterocycles. The van der Waals surface area contributed by atoms with Gasteiger partial charge in [0.15, 0.2) is 0 Å². The number of hydrogen-bond donors (Lipinski definition) is 2. The average Bonchev–Trinajstić information content (AvgIpc) is 3.34. The molecule has 0 unspecified atom stereocenters. The molecule has 0 aliphatic carbocycles. The molecule has 0 aromatic heterocycles. The number of hydrogen-bond acceptors (Lipinski definition) is 6. The van der Waals surface area contributed by atoms with Gasteiger partial charge in [0.05, 0.1) is 24.6 Å². The number of carbonyl (C=O) groups is 3. The SMILES string of the molecule is COC(=O)[C@]1(Cc2ccc(O)cc2)N[C@H](c2cccc(F)c2)[C@@H]2C(=O)N(c3ccccc3F)C(=O)[C@H]21. The van der Waals surface area contributed by atoms with Crippen molar-refractivity contribution in [2.45, 2.75) is 18.0 Å². The Bertz CT molecular complexity index is 1360. The van der Waals surface area contributed by atoms with Gasteiger partial charge in [-0.1, -0.05) is 36.4 Å². The van der Waals surface area contributed by atoms with Crippen molar-refractivity contribution >= 4 is 23.5 Å². The standard InChI is InChI=1S/C27H22F2N2O5/c1-36-26(35)27(14-15-9-11-18(32)12-10-15)22-21(23(30-27)16-5-4-6-17(28)13-16)24(33)31(25(22)34)20-8-3-2-7-19(20)29/h2-13,21-23,30,32H,14H2,1H3/t21-,22+,23-,27-/m1/s1. The average molecular weight is 492 g/mol. The molecule has 2 N–H and O–H groups in total. The van der Waals surface area contributed by atoms with Gasteiger partial charge in [0.1, 0.15) is 22.9 Å². The molecule has 2 amide bonds. The van der Waals surface area contributed by atoms with Gasteiger partial charge in [-0.15, -0.1) is 0 Å². The monoisotopic (exact) mass is 492 g/mol. The second kappa shape index (κ2) is 8.83. The molecular formula is C27H22F2N2O5. The molecule has 3 aromatic rings. The smallest absolute Gasteiger partial charge is 0.327 e. The van der Waals surface area contributed by atoms with Crippen LogP contribution in [-0.4, -0.2) is 35.5 Å². The number of ether oxygens (including phenoxy) is 1. The number of imide groups is 1. The number of nitrogens with one attached hydrogen (secondary N) is 1. The number of carbonyl (C=O) groups excluding carboxylic acids is 3. The molecule has 0 saturated carbocycles. The van der Waals surface area contributed by atoms with E-state index in [1.54, 1.807) is 18.2 Å². The van der Waals surface area contributed by atoms with Crippen LogP contribution in [0.3, 0.4) is 0 Å². The number of methoxy groups -OCH3 is 1. The minimum atomic E-state index is -1.72. The molecule has 3 aromatic carbocycles. The molecule has 2 fully saturated rings. The van der Waals surface area contributed by atoms with Gasteiger partial charge in [-0.05, 0) is 47.5 Å². The van der Waals surface area contributed by atoms with Crippen LogP contribution in [0.4, 0.5) is 14.5 Å². The lowest BCUT2D eigenvalue weighted by atomic mass is 9.76. The van der Waals surface area contributed by atoms with Crippen LogP contribution in [-0.2, 0) is 25.5 Å². The van der Waals surface area contributed by atoms with Gasteiger partial charge in [-0.25, -0.2) is 13.7 Å². The Hall–Kier alpha value is -4.11. The lowest BCUT2D eigenvalue weighted by Gasteiger charge is -2.32. The zero-order valence-electron chi connectivity index (χ0n) is 19.2. The van der Waals surface area contributed by atoms with Gasteiger partial charge in [0.2, 0.25) is 11.8 Å². The van der Waals surface area contributed by atoms with Crippen molar-refractivity contribution in [3.05, 3.63) is 95.6 Å². The first kappa shape index (κ1) is 23.6. The Morgan fingerprint density at radius 3 is 2.42 bits per heavy atom. The normalized spacial score (nSPS) is 25.2. The van der Waals surface area contributed by atoms with Crippen LogP contribution < -0.4 is 10.2 Å². The van der Waals surface area contributed by atoms with Crippen LogP contribution in [0.25, 0.3) is 0 Å². The van der Waals surface area contributed by atoms with Crippen LogP contribution in [0.1, 0.15) is 17.2 Å².